The molecule has 5 nitrogen and oxygen atoms in total. The third-order valence-electron chi connectivity index (χ3n) is 4.29. The van der Waals surface area contributed by atoms with Gasteiger partial charge < -0.3 is 15.2 Å². The Labute approximate surface area is 141 Å². The topological polar surface area (TPSA) is 71.5 Å². The highest BCUT2D eigenvalue weighted by molar-refractivity contribution is 5.94. The number of aliphatic hydroxyl groups excluding tert-OH is 1. The number of ether oxygens (including phenoxy) is 1. The number of aromatic nitrogens is 1. The zero-order valence-corrected chi connectivity index (χ0v) is 13.5. The van der Waals surface area contributed by atoms with E-state index in [2.05, 4.69) is 10.3 Å². The van der Waals surface area contributed by atoms with E-state index in [1.54, 1.807) is 42.7 Å². The minimum absolute atomic E-state index is 0.0945. The van der Waals surface area contributed by atoms with Crippen LogP contribution in [0.1, 0.15) is 36.0 Å². The lowest BCUT2D eigenvalue weighted by Gasteiger charge is -2.25. The number of hydrogen-bond acceptors (Lipinski definition) is 4. The molecule has 0 radical (unpaired) electrons. The Morgan fingerprint density at radius 1 is 1.21 bits per heavy atom. The summed E-state index contributed by atoms with van der Waals surface area (Å²) in [5.74, 6) is 1.59. The van der Waals surface area contributed by atoms with Gasteiger partial charge in [-0.3, -0.25) is 9.78 Å². The van der Waals surface area contributed by atoms with E-state index in [-0.39, 0.29) is 12.0 Å². The van der Waals surface area contributed by atoms with Gasteiger partial charge in [0.25, 0.3) is 5.91 Å². The van der Waals surface area contributed by atoms with Crippen molar-refractivity contribution >= 4 is 5.91 Å². The highest BCUT2D eigenvalue weighted by atomic mass is 16.5. The van der Waals surface area contributed by atoms with Crippen molar-refractivity contribution in [3.63, 3.8) is 0 Å². The number of nitrogens with one attached hydrogen (secondary N) is 1. The summed E-state index contributed by atoms with van der Waals surface area (Å²) in [5, 5.41) is 12.6. The zero-order valence-electron chi connectivity index (χ0n) is 13.5. The summed E-state index contributed by atoms with van der Waals surface area (Å²) in [6.45, 7) is 0.615. The van der Waals surface area contributed by atoms with Crippen LogP contribution in [-0.2, 0) is 0 Å². The summed E-state index contributed by atoms with van der Waals surface area (Å²) in [4.78, 5) is 16.2. The van der Waals surface area contributed by atoms with E-state index in [0.717, 1.165) is 25.7 Å². The summed E-state index contributed by atoms with van der Waals surface area (Å²) in [5.41, 5.74) is 0.602. The summed E-state index contributed by atoms with van der Waals surface area (Å²) < 4.78 is 5.66. The second kappa shape index (κ2) is 7.93. The SMILES string of the molecule is O=C(NCC1CCCC(O)C1)c1ccc(Oc2cccnc2)cc1. The molecular weight excluding hydrogens is 304 g/mol. The monoisotopic (exact) mass is 326 g/mol. The number of aliphatic hydroxyl groups is 1. The van der Waals surface area contributed by atoms with Crippen molar-refractivity contribution < 1.29 is 14.6 Å². The number of carbonyl (C=O) groups is 1. The van der Waals surface area contributed by atoms with Gasteiger partial charge in [-0.1, -0.05) is 6.42 Å². The molecule has 2 unspecified atom stereocenters. The Morgan fingerprint density at radius 3 is 2.75 bits per heavy atom. The Hall–Kier alpha value is -2.40. The van der Waals surface area contributed by atoms with Crippen molar-refractivity contribution in [1.82, 2.24) is 10.3 Å². The smallest absolute Gasteiger partial charge is 0.251 e. The van der Waals surface area contributed by atoms with Crippen molar-refractivity contribution in [1.29, 1.82) is 0 Å². The average Bonchev–Trinajstić information content (AvgIpc) is 2.61. The van der Waals surface area contributed by atoms with Crippen LogP contribution in [0.2, 0.25) is 0 Å². The zero-order chi connectivity index (χ0) is 16.8. The van der Waals surface area contributed by atoms with Gasteiger partial charge in [-0.2, -0.15) is 0 Å². The third kappa shape index (κ3) is 4.55. The van der Waals surface area contributed by atoms with Gasteiger partial charge in [-0.15, -0.1) is 0 Å². The molecule has 126 valence electrons. The maximum atomic E-state index is 12.2. The number of hydrogen-bond donors (Lipinski definition) is 2. The molecule has 0 aliphatic heterocycles. The quantitative estimate of drug-likeness (QED) is 0.885. The molecule has 2 aromatic rings. The first-order valence-corrected chi connectivity index (χ1v) is 8.35. The van der Waals surface area contributed by atoms with Crippen LogP contribution >= 0.6 is 0 Å². The molecule has 2 N–H and O–H groups in total. The molecule has 1 amide bonds. The fourth-order valence-corrected chi connectivity index (χ4v) is 3.01. The molecule has 24 heavy (non-hydrogen) atoms. The number of rotatable bonds is 5. The molecule has 2 atom stereocenters. The first kappa shape index (κ1) is 16.5. The van der Waals surface area contributed by atoms with Gasteiger partial charge in [0.05, 0.1) is 12.3 Å². The second-order valence-electron chi connectivity index (χ2n) is 6.21. The Balaban J connectivity index is 1.52. The minimum Gasteiger partial charge on any atom is -0.456 e. The van der Waals surface area contributed by atoms with Crippen molar-refractivity contribution in [2.45, 2.75) is 31.8 Å². The molecule has 1 aliphatic rings. The van der Waals surface area contributed by atoms with E-state index in [1.165, 1.54) is 0 Å². The molecule has 0 spiro atoms. The lowest BCUT2D eigenvalue weighted by molar-refractivity contribution is 0.0874. The minimum atomic E-state index is -0.218. The number of amides is 1. The van der Waals surface area contributed by atoms with E-state index < -0.39 is 0 Å². The molecule has 3 rings (SSSR count). The molecule has 5 heteroatoms. The normalized spacial score (nSPS) is 20.4. The maximum absolute atomic E-state index is 12.2. The molecule has 0 saturated heterocycles. The van der Waals surface area contributed by atoms with Crippen LogP contribution in [0.5, 0.6) is 11.5 Å². The number of carbonyl (C=O) groups excluding carboxylic acids is 1. The highest BCUT2D eigenvalue weighted by Crippen LogP contribution is 2.24. The van der Waals surface area contributed by atoms with Gasteiger partial charge in [0.1, 0.15) is 11.5 Å². The van der Waals surface area contributed by atoms with Gasteiger partial charge in [0, 0.05) is 18.3 Å². The molecule has 1 aromatic heterocycles. The Kier molecular flexibility index (Phi) is 5.43. The largest absolute Gasteiger partial charge is 0.456 e. The van der Waals surface area contributed by atoms with Crippen molar-refractivity contribution in [3.05, 3.63) is 54.4 Å². The number of benzene rings is 1. The molecule has 1 heterocycles. The number of pyridine rings is 1. The lowest BCUT2D eigenvalue weighted by Crippen LogP contribution is -2.32. The number of nitrogens with zero attached hydrogens (tertiary/aromatic N) is 1. The van der Waals surface area contributed by atoms with Crippen molar-refractivity contribution in [2.75, 3.05) is 6.54 Å². The standard InChI is InChI=1S/C19H22N2O3/c22-16-4-1-3-14(11-16)12-21-19(23)15-6-8-17(9-7-15)24-18-5-2-10-20-13-18/h2,5-10,13-14,16,22H,1,3-4,11-12H2,(H,21,23). The highest BCUT2D eigenvalue weighted by Gasteiger charge is 2.20. The van der Waals surface area contributed by atoms with Crippen molar-refractivity contribution in [2.24, 2.45) is 5.92 Å². The van der Waals surface area contributed by atoms with Gasteiger partial charge in [0.15, 0.2) is 0 Å². The van der Waals surface area contributed by atoms with Gasteiger partial charge in [-0.25, -0.2) is 0 Å². The maximum Gasteiger partial charge on any atom is 0.251 e. The van der Waals surface area contributed by atoms with Gasteiger partial charge in [0.2, 0.25) is 0 Å². The van der Waals surface area contributed by atoms with Crippen molar-refractivity contribution in [3.8, 4) is 11.5 Å². The van der Waals surface area contributed by atoms with E-state index in [9.17, 15) is 9.90 Å². The molecule has 1 aromatic carbocycles. The van der Waals surface area contributed by atoms with E-state index in [4.69, 9.17) is 4.74 Å². The van der Waals surface area contributed by atoms with Crippen LogP contribution in [0.4, 0.5) is 0 Å². The molecule has 1 saturated carbocycles. The fraction of sp³-hybridized carbons (Fsp3) is 0.368. The predicted octanol–water partition coefficient (Wildman–Crippen LogP) is 3.15. The molecule has 1 fully saturated rings. The van der Waals surface area contributed by atoms with Crippen LogP contribution < -0.4 is 10.1 Å². The second-order valence-corrected chi connectivity index (χ2v) is 6.21. The van der Waals surface area contributed by atoms with Crippen LogP contribution in [0.15, 0.2) is 48.8 Å². The predicted molar refractivity (Wildman–Crippen MR) is 91.1 cm³/mol. The Morgan fingerprint density at radius 2 is 2.04 bits per heavy atom. The van der Waals surface area contributed by atoms with E-state index in [0.29, 0.717) is 29.5 Å². The molecule has 1 aliphatic carbocycles. The van der Waals surface area contributed by atoms with Gasteiger partial charge >= 0.3 is 0 Å². The summed E-state index contributed by atoms with van der Waals surface area (Å²) >= 11 is 0. The first-order valence-electron chi connectivity index (χ1n) is 8.35. The van der Waals surface area contributed by atoms with Crippen LogP contribution in [0.3, 0.4) is 0 Å². The van der Waals surface area contributed by atoms with E-state index in [1.807, 2.05) is 6.07 Å². The summed E-state index contributed by atoms with van der Waals surface area (Å²) in [6.07, 6.45) is 6.85. The molecular formula is C19H22N2O3. The average molecular weight is 326 g/mol. The van der Waals surface area contributed by atoms with Crippen LogP contribution in [-0.4, -0.2) is 28.6 Å². The third-order valence-corrected chi connectivity index (χ3v) is 4.29. The van der Waals surface area contributed by atoms with Crippen LogP contribution in [0, 0.1) is 5.92 Å². The lowest BCUT2D eigenvalue weighted by atomic mass is 9.87. The Bertz CT molecular complexity index is 658. The molecule has 0 bridgehead atoms. The fourth-order valence-electron chi connectivity index (χ4n) is 3.01. The van der Waals surface area contributed by atoms with Gasteiger partial charge in [-0.05, 0) is 61.6 Å². The summed E-state index contributed by atoms with van der Waals surface area (Å²) in [6, 6.07) is 10.7. The summed E-state index contributed by atoms with van der Waals surface area (Å²) in [7, 11) is 0. The van der Waals surface area contributed by atoms with E-state index >= 15 is 0 Å². The first-order chi connectivity index (χ1) is 11.7. The van der Waals surface area contributed by atoms with Crippen LogP contribution in [0.25, 0.3) is 0 Å².